The van der Waals surface area contributed by atoms with Gasteiger partial charge >= 0.3 is 0 Å². The van der Waals surface area contributed by atoms with Crippen LogP contribution in [0.3, 0.4) is 0 Å². The summed E-state index contributed by atoms with van der Waals surface area (Å²) in [7, 11) is -1.44. The number of hydrogen-bond acceptors (Lipinski definition) is 7. The predicted molar refractivity (Wildman–Crippen MR) is 164 cm³/mol. The summed E-state index contributed by atoms with van der Waals surface area (Å²) >= 11 is 18.5. The van der Waals surface area contributed by atoms with Crippen molar-refractivity contribution in [1.29, 1.82) is 5.26 Å². The Labute approximate surface area is 264 Å². The normalized spacial score (nSPS) is 11.2. The molecule has 0 unspecified atom stereocenters. The number of hydrogen-bond donors (Lipinski definition) is 1. The van der Waals surface area contributed by atoms with E-state index in [9.17, 15) is 19.6 Å². The molecule has 0 bridgehead atoms. The number of carbonyl (C=O) groups excluding carboxylic acids is 3. The minimum atomic E-state index is -1.44. The second-order valence-corrected chi connectivity index (χ2v) is 17.4. The third-order valence-electron chi connectivity index (χ3n) is 5.96. The van der Waals surface area contributed by atoms with Crippen molar-refractivity contribution < 1.29 is 28.2 Å². The van der Waals surface area contributed by atoms with Gasteiger partial charge in [-0.15, -0.1) is 0 Å². The van der Waals surface area contributed by atoms with E-state index < -0.39 is 31.6 Å². The molecule has 0 aliphatic carbocycles. The SMILES string of the molecule is CC(=O)N(C(C)=O)c1nc(Cl)c(C(=O)NCc2ccc(Cl)c(Oc3cc(Cl)cc(C#N)c3)c2F)n1COCC[Si](C)(C)C. The van der Waals surface area contributed by atoms with Crippen LogP contribution in [0, 0.1) is 17.1 Å². The molecule has 228 valence electrons. The summed E-state index contributed by atoms with van der Waals surface area (Å²) in [4.78, 5) is 42.8. The fourth-order valence-electron chi connectivity index (χ4n) is 3.83. The van der Waals surface area contributed by atoms with Crippen molar-refractivity contribution in [2.45, 2.75) is 52.8 Å². The van der Waals surface area contributed by atoms with Gasteiger partial charge in [-0.2, -0.15) is 10.2 Å². The molecule has 10 nitrogen and oxygen atoms in total. The molecule has 3 aromatic rings. The number of amides is 3. The lowest BCUT2D eigenvalue weighted by Gasteiger charge is -2.20. The van der Waals surface area contributed by atoms with Crippen LogP contribution in [0.1, 0.15) is 35.5 Å². The molecule has 0 atom stereocenters. The average molecular weight is 669 g/mol. The maximum Gasteiger partial charge on any atom is 0.271 e. The van der Waals surface area contributed by atoms with Crippen molar-refractivity contribution in [1.82, 2.24) is 14.9 Å². The van der Waals surface area contributed by atoms with Crippen LogP contribution in [0.5, 0.6) is 11.5 Å². The fourth-order valence-corrected chi connectivity index (χ4v) is 5.26. The zero-order valence-electron chi connectivity index (χ0n) is 24.1. The summed E-state index contributed by atoms with van der Waals surface area (Å²) in [6.07, 6.45) is 0. The molecule has 3 rings (SSSR count). The first-order valence-corrected chi connectivity index (χ1v) is 17.8. The van der Waals surface area contributed by atoms with Crippen LogP contribution in [-0.2, 0) is 27.6 Å². The monoisotopic (exact) mass is 667 g/mol. The number of ether oxygens (including phenoxy) is 2. The number of aromatic nitrogens is 2. The van der Waals surface area contributed by atoms with Crippen molar-refractivity contribution in [3.05, 3.63) is 68.2 Å². The van der Waals surface area contributed by atoms with Crippen molar-refractivity contribution >= 4 is 66.5 Å². The number of nitriles is 1. The van der Waals surface area contributed by atoms with Gasteiger partial charge in [0.15, 0.2) is 16.7 Å². The van der Waals surface area contributed by atoms with E-state index in [0.717, 1.165) is 10.9 Å². The molecule has 1 N–H and O–H groups in total. The Morgan fingerprint density at radius 2 is 1.79 bits per heavy atom. The fraction of sp³-hybridized carbons (Fsp3) is 0.321. The Morgan fingerprint density at radius 3 is 2.40 bits per heavy atom. The van der Waals surface area contributed by atoms with Gasteiger partial charge in [0.2, 0.25) is 17.8 Å². The molecule has 0 fully saturated rings. The third kappa shape index (κ3) is 8.78. The van der Waals surface area contributed by atoms with Crippen molar-refractivity contribution in [2.75, 3.05) is 11.5 Å². The molecule has 0 aliphatic heterocycles. The van der Waals surface area contributed by atoms with Gasteiger partial charge in [-0.05, 0) is 30.3 Å². The molecule has 0 radical (unpaired) electrons. The zero-order chi connectivity index (χ0) is 32.1. The number of anilines is 1. The summed E-state index contributed by atoms with van der Waals surface area (Å²) in [5.74, 6) is -3.34. The number of rotatable bonds is 11. The molecule has 43 heavy (non-hydrogen) atoms. The summed E-state index contributed by atoms with van der Waals surface area (Å²) in [5, 5.41) is 11.6. The molecule has 1 aromatic heterocycles. The summed E-state index contributed by atoms with van der Waals surface area (Å²) in [6, 6.07) is 9.68. The van der Waals surface area contributed by atoms with Gasteiger partial charge in [0.25, 0.3) is 5.91 Å². The zero-order valence-corrected chi connectivity index (χ0v) is 27.3. The molecule has 0 saturated heterocycles. The first-order valence-electron chi connectivity index (χ1n) is 12.9. The number of nitrogens with one attached hydrogen (secondary N) is 1. The number of halogens is 4. The largest absolute Gasteiger partial charge is 0.453 e. The number of benzene rings is 2. The number of imide groups is 1. The van der Waals surface area contributed by atoms with E-state index in [1.165, 1.54) is 48.7 Å². The first kappa shape index (κ1) is 34.0. The molecule has 3 amide bonds. The summed E-state index contributed by atoms with van der Waals surface area (Å²) in [6.45, 7) is 8.69. The molecular formula is C28H29Cl3FN5O5Si. The quantitative estimate of drug-likeness (QED) is 0.176. The Hall–Kier alpha value is -3.47. The Kier molecular flexibility index (Phi) is 11.3. The van der Waals surface area contributed by atoms with Crippen LogP contribution in [-0.4, -0.2) is 42.0 Å². The van der Waals surface area contributed by atoms with Crippen LogP contribution in [0.15, 0.2) is 30.3 Å². The number of imidazole rings is 1. The van der Waals surface area contributed by atoms with E-state index >= 15 is 4.39 Å². The van der Waals surface area contributed by atoms with Crippen molar-refractivity contribution in [3.8, 4) is 17.6 Å². The van der Waals surface area contributed by atoms with Crippen LogP contribution < -0.4 is 15.0 Å². The molecule has 15 heteroatoms. The minimum absolute atomic E-state index is 0.0122. The van der Waals surface area contributed by atoms with Crippen LogP contribution in [0.4, 0.5) is 10.3 Å². The average Bonchev–Trinajstić information content (AvgIpc) is 3.22. The Bertz CT molecular complexity index is 1590. The smallest absolute Gasteiger partial charge is 0.271 e. The van der Waals surface area contributed by atoms with Gasteiger partial charge in [0, 0.05) is 45.7 Å². The van der Waals surface area contributed by atoms with Crippen LogP contribution in [0.25, 0.3) is 0 Å². The van der Waals surface area contributed by atoms with Gasteiger partial charge < -0.3 is 14.8 Å². The lowest BCUT2D eigenvalue weighted by atomic mass is 10.2. The highest BCUT2D eigenvalue weighted by Crippen LogP contribution is 2.35. The number of nitrogens with zero attached hydrogens (tertiary/aromatic N) is 4. The van der Waals surface area contributed by atoms with Gasteiger partial charge in [0.1, 0.15) is 18.2 Å². The molecule has 0 spiro atoms. The minimum Gasteiger partial charge on any atom is -0.453 e. The Balaban J connectivity index is 1.90. The maximum atomic E-state index is 15.5. The second-order valence-electron chi connectivity index (χ2n) is 10.6. The van der Waals surface area contributed by atoms with Crippen LogP contribution >= 0.6 is 34.8 Å². The van der Waals surface area contributed by atoms with E-state index in [1.54, 1.807) is 0 Å². The molecule has 2 aromatic carbocycles. The highest BCUT2D eigenvalue weighted by atomic mass is 35.5. The predicted octanol–water partition coefficient (Wildman–Crippen LogP) is 6.79. The Morgan fingerprint density at radius 1 is 1.12 bits per heavy atom. The third-order valence-corrected chi connectivity index (χ3v) is 8.44. The van der Waals surface area contributed by atoms with Gasteiger partial charge in [0.05, 0.1) is 16.7 Å². The topological polar surface area (TPSA) is 127 Å². The highest BCUT2D eigenvalue weighted by molar-refractivity contribution is 6.76. The summed E-state index contributed by atoms with van der Waals surface area (Å²) < 4.78 is 28.1. The standard InChI is InChI=1S/C28H29Cl3FN5O5Si/c1-16(38)37(17(2)39)28-35-26(31)24(36(28)15-41-8-9-43(3,4)5)27(40)34-14-19-6-7-22(30)25(23(19)32)42-21-11-18(13-33)10-20(29)12-21/h6-7,10-12H,8-9,14-15H2,1-5H3,(H,34,40). The van der Waals surface area contributed by atoms with E-state index in [2.05, 4.69) is 29.9 Å². The van der Waals surface area contributed by atoms with Crippen LogP contribution in [0.2, 0.25) is 40.9 Å². The lowest BCUT2D eigenvalue weighted by molar-refractivity contribution is -0.124. The van der Waals surface area contributed by atoms with Crippen molar-refractivity contribution in [3.63, 3.8) is 0 Å². The van der Waals surface area contributed by atoms with Crippen molar-refractivity contribution in [2.24, 2.45) is 0 Å². The molecular weight excluding hydrogens is 640 g/mol. The van der Waals surface area contributed by atoms with E-state index in [4.69, 9.17) is 44.3 Å². The van der Waals surface area contributed by atoms with E-state index in [0.29, 0.717) is 6.61 Å². The van der Waals surface area contributed by atoms with Gasteiger partial charge in [-0.3, -0.25) is 19.0 Å². The second kappa shape index (κ2) is 14.3. The van der Waals surface area contributed by atoms with Gasteiger partial charge in [-0.25, -0.2) is 9.29 Å². The molecule has 0 aliphatic rings. The van der Waals surface area contributed by atoms with E-state index in [-0.39, 0.29) is 62.7 Å². The maximum absolute atomic E-state index is 15.5. The first-order chi connectivity index (χ1) is 20.1. The van der Waals surface area contributed by atoms with Gasteiger partial charge in [-0.1, -0.05) is 60.5 Å². The summed E-state index contributed by atoms with van der Waals surface area (Å²) in [5.41, 5.74) is 0.0250. The molecule has 0 saturated carbocycles. The van der Waals surface area contributed by atoms with E-state index in [1.807, 2.05) is 6.07 Å². The highest BCUT2D eigenvalue weighted by Gasteiger charge is 2.30. The molecule has 1 heterocycles. The lowest BCUT2D eigenvalue weighted by Crippen LogP contribution is -2.36. The number of carbonyl (C=O) groups is 3.